The second-order valence-corrected chi connectivity index (χ2v) is 6.39. The van der Waals surface area contributed by atoms with Crippen LogP contribution in [0.15, 0.2) is 59.2 Å². The third-order valence-corrected chi connectivity index (χ3v) is 4.44. The van der Waals surface area contributed by atoms with E-state index in [4.69, 9.17) is 4.74 Å². The van der Waals surface area contributed by atoms with Crippen molar-refractivity contribution >= 4 is 27.4 Å². The Labute approximate surface area is 151 Å². The Bertz CT molecular complexity index is 708. The van der Waals surface area contributed by atoms with Crippen LogP contribution in [0, 0.1) is 6.92 Å². The minimum atomic E-state index is -0.0450. The lowest BCUT2D eigenvalue weighted by molar-refractivity contribution is 0.104. The van der Waals surface area contributed by atoms with Gasteiger partial charge >= 0.3 is 0 Å². The Hall–Kier alpha value is -2.07. The molecule has 0 fully saturated rings. The van der Waals surface area contributed by atoms with Crippen LogP contribution in [-0.2, 0) is 0 Å². The van der Waals surface area contributed by atoms with E-state index in [-0.39, 0.29) is 5.78 Å². The van der Waals surface area contributed by atoms with Crippen LogP contribution < -0.4 is 10.1 Å². The molecule has 0 unspecified atom stereocenters. The third-order valence-electron chi connectivity index (χ3n) is 3.55. The van der Waals surface area contributed by atoms with E-state index in [0.29, 0.717) is 12.2 Å². The average molecular weight is 388 g/mol. The van der Waals surface area contributed by atoms with E-state index < -0.39 is 0 Å². The van der Waals surface area contributed by atoms with Crippen molar-refractivity contribution < 1.29 is 9.53 Å². The molecule has 0 bridgehead atoms. The first-order valence-corrected chi connectivity index (χ1v) is 8.86. The zero-order chi connectivity index (χ0) is 17.4. The third kappa shape index (κ3) is 5.53. The fourth-order valence-electron chi connectivity index (χ4n) is 2.09. The summed E-state index contributed by atoms with van der Waals surface area (Å²) in [6, 6.07) is 13.2. The SMILES string of the molecule is CCCCOc1ccc(C(=O)/C=C/Nc2ccc(Br)c(C)c2)cc1. The van der Waals surface area contributed by atoms with Gasteiger partial charge in [0.15, 0.2) is 5.78 Å². The molecule has 0 radical (unpaired) electrons. The Morgan fingerprint density at radius 2 is 1.96 bits per heavy atom. The van der Waals surface area contributed by atoms with Crippen LogP contribution in [0.2, 0.25) is 0 Å². The summed E-state index contributed by atoms with van der Waals surface area (Å²) in [4.78, 5) is 12.2. The number of unbranched alkanes of at least 4 members (excludes halogenated alkanes) is 1. The number of carbonyl (C=O) groups excluding carboxylic acids is 1. The minimum absolute atomic E-state index is 0.0450. The Balaban J connectivity index is 1.90. The van der Waals surface area contributed by atoms with Crippen LogP contribution in [0.3, 0.4) is 0 Å². The summed E-state index contributed by atoms with van der Waals surface area (Å²) in [6.07, 6.45) is 5.33. The highest BCUT2D eigenvalue weighted by Gasteiger charge is 2.02. The number of ketones is 1. The number of ether oxygens (including phenoxy) is 1. The molecule has 0 amide bonds. The van der Waals surface area contributed by atoms with Crippen molar-refractivity contribution in [2.24, 2.45) is 0 Å². The zero-order valence-corrected chi connectivity index (χ0v) is 15.6. The van der Waals surface area contributed by atoms with Crippen LogP contribution in [-0.4, -0.2) is 12.4 Å². The van der Waals surface area contributed by atoms with Gasteiger partial charge < -0.3 is 10.1 Å². The van der Waals surface area contributed by atoms with Crippen LogP contribution in [0.5, 0.6) is 5.75 Å². The van der Waals surface area contributed by atoms with Crippen LogP contribution in [0.1, 0.15) is 35.7 Å². The molecule has 0 atom stereocenters. The summed E-state index contributed by atoms with van der Waals surface area (Å²) in [6.45, 7) is 4.86. The van der Waals surface area contributed by atoms with E-state index in [1.54, 1.807) is 18.3 Å². The standard InChI is InChI=1S/C20H22BrNO2/c1-3-4-13-24-18-8-5-16(6-9-18)20(23)11-12-22-17-7-10-19(21)15(2)14-17/h5-12,14,22H,3-4,13H2,1-2H3/b12-11+. The minimum Gasteiger partial charge on any atom is -0.494 e. The van der Waals surface area contributed by atoms with Gasteiger partial charge in [-0.1, -0.05) is 29.3 Å². The molecule has 0 aromatic heterocycles. The molecule has 24 heavy (non-hydrogen) atoms. The van der Waals surface area contributed by atoms with Gasteiger partial charge in [0.2, 0.25) is 0 Å². The smallest absolute Gasteiger partial charge is 0.187 e. The number of anilines is 1. The fourth-order valence-corrected chi connectivity index (χ4v) is 2.34. The number of hydrogen-bond acceptors (Lipinski definition) is 3. The molecule has 126 valence electrons. The number of carbonyl (C=O) groups is 1. The maximum absolute atomic E-state index is 12.2. The topological polar surface area (TPSA) is 38.3 Å². The molecule has 0 aliphatic heterocycles. The van der Waals surface area contributed by atoms with Gasteiger partial charge in [-0.05, 0) is 61.4 Å². The molecule has 2 aromatic rings. The first-order chi connectivity index (χ1) is 11.6. The predicted molar refractivity (Wildman–Crippen MR) is 103 cm³/mol. The molecule has 0 saturated carbocycles. The molecule has 3 nitrogen and oxygen atoms in total. The van der Waals surface area contributed by atoms with Gasteiger partial charge in [0, 0.05) is 28.0 Å². The van der Waals surface area contributed by atoms with E-state index in [1.807, 2.05) is 37.3 Å². The number of halogens is 1. The van der Waals surface area contributed by atoms with Gasteiger partial charge in [-0.25, -0.2) is 0 Å². The summed E-state index contributed by atoms with van der Waals surface area (Å²) >= 11 is 3.47. The lowest BCUT2D eigenvalue weighted by Gasteiger charge is -2.05. The summed E-state index contributed by atoms with van der Waals surface area (Å²) in [5.41, 5.74) is 2.72. The normalized spacial score (nSPS) is 10.8. The number of nitrogens with one attached hydrogen (secondary N) is 1. The molecule has 2 rings (SSSR count). The maximum atomic E-state index is 12.2. The number of benzene rings is 2. The van der Waals surface area contributed by atoms with E-state index in [9.17, 15) is 4.79 Å². The molecule has 0 heterocycles. The highest BCUT2D eigenvalue weighted by atomic mass is 79.9. The molecular weight excluding hydrogens is 366 g/mol. The van der Waals surface area contributed by atoms with Crippen molar-refractivity contribution in [2.45, 2.75) is 26.7 Å². The predicted octanol–water partition coefficient (Wildman–Crippen LogP) is 5.74. The summed E-state index contributed by atoms with van der Waals surface area (Å²) < 4.78 is 6.66. The van der Waals surface area contributed by atoms with Gasteiger partial charge in [-0.2, -0.15) is 0 Å². The van der Waals surface area contributed by atoms with Crippen molar-refractivity contribution in [3.05, 3.63) is 70.3 Å². The van der Waals surface area contributed by atoms with Gasteiger partial charge in [0.25, 0.3) is 0 Å². The Morgan fingerprint density at radius 1 is 1.21 bits per heavy atom. The maximum Gasteiger partial charge on any atom is 0.187 e. The number of hydrogen-bond donors (Lipinski definition) is 1. The highest BCUT2D eigenvalue weighted by molar-refractivity contribution is 9.10. The number of allylic oxidation sites excluding steroid dienone is 1. The lowest BCUT2D eigenvalue weighted by atomic mass is 10.1. The van der Waals surface area contributed by atoms with E-state index >= 15 is 0 Å². The molecule has 0 aliphatic rings. The Morgan fingerprint density at radius 3 is 2.62 bits per heavy atom. The fraction of sp³-hybridized carbons (Fsp3) is 0.250. The Kier molecular flexibility index (Phi) is 7.07. The van der Waals surface area contributed by atoms with Crippen molar-refractivity contribution in [3.63, 3.8) is 0 Å². The van der Waals surface area contributed by atoms with Gasteiger partial charge in [0.1, 0.15) is 5.75 Å². The molecule has 4 heteroatoms. The molecule has 0 spiro atoms. The van der Waals surface area contributed by atoms with Crippen LogP contribution in [0.25, 0.3) is 0 Å². The van der Waals surface area contributed by atoms with E-state index in [1.165, 1.54) is 6.08 Å². The van der Waals surface area contributed by atoms with Crippen molar-refractivity contribution in [3.8, 4) is 5.75 Å². The molecule has 1 N–H and O–H groups in total. The second-order valence-electron chi connectivity index (χ2n) is 5.53. The van der Waals surface area contributed by atoms with Crippen LogP contribution >= 0.6 is 15.9 Å². The molecule has 2 aromatic carbocycles. The van der Waals surface area contributed by atoms with Crippen molar-refractivity contribution in [1.82, 2.24) is 0 Å². The van der Waals surface area contributed by atoms with Gasteiger partial charge in [-0.15, -0.1) is 0 Å². The summed E-state index contributed by atoms with van der Waals surface area (Å²) in [5.74, 6) is 0.754. The average Bonchev–Trinajstić information content (AvgIpc) is 2.59. The van der Waals surface area contributed by atoms with Crippen molar-refractivity contribution in [2.75, 3.05) is 11.9 Å². The second kappa shape index (κ2) is 9.28. The highest BCUT2D eigenvalue weighted by Crippen LogP contribution is 2.20. The lowest BCUT2D eigenvalue weighted by Crippen LogP contribution is -1.99. The summed E-state index contributed by atoms with van der Waals surface area (Å²) in [5, 5.41) is 3.11. The van der Waals surface area contributed by atoms with Gasteiger partial charge in [0.05, 0.1) is 6.61 Å². The molecule has 0 aliphatic carbocycles. The number of aryl methyl sites for hydroxylation is 1. The molecular formula is C20H22BrNO2. The van der Waals surface area contributed by atoms with Crippen molar-refractivity contribution in [1.29, 1.82) is 0 Å². The first kappa shape index (κ1) is 18.3. The number of rotatable bonds is 8. The van der Waals surface area contributed by atoms with Gasteiger partial charge in [-0.3, -0.25) is 4.79 Å². The molecule has 0 saturated heterocycles. The quantitative estimate of drug-likeness (QED) is 0.356. The first-order valence-electron chi connectivity index (χ1n) is 8.06. The monoisotopic (exact) mass is 387 g/mol. The van der Waals surface area contributed by atoms with E-state index in [2.05, 4.69) is 28.2 Å². The van der Waals surface area contributed by atoms with Crippen LogP contribution in [0.4, 0.5) is 5.69 Å². The largest absolute Gasteiger partial charge is 0.494 e. The van der Waals surface area contributed by atoms with E-state index in [0.717, 1.165) is 34.3 Å². The zero-order valence-electron chi connectivity index (χ0n) is 14.0. The summed E-state index contributed by atoms with van der Waals surface area (Å²) in [7, 11) is 0.